The van der Waals surface area contributed by atoms with Gasteiger partial charge in [-0.25, -0.2) is 4.79 Å². The highest BCUT2D eigenvalue weighted by Gasteiger charge is 2.39. The highest BCUT2D eigenvalue weighted by molar-refractivity contribution is 5.78. The van der Waals surface area contributed by atoms with E-state index in [0.29, 0.717) is 26.1 Å². The van der Waals surface area contributed by atoms with Gasteiger partial charge in [0.05, 0.1) is 5.41 Å². The molecule has 0 aromatic carbocycles. The van der Waals surface area contributed by atoms with Gasteiger partial charge in [-0.2, -0.15) is 0 Å². The number of nitrogens with one attached hydrogen (secondary N) is 1. The van der Waals surface area contributed by atoms with E-state index in [9.17, 15) is 14.7 Å². The monoisotopic (exact) mass is 280 g/mol. The van der Waals surface area contributed by atoms with Crippen molar-refractivity contribution in [1.29, 1.82) is 0 Å². The number of aliphatic carboxylic acids is 1. The number of allylic oxidation sites excluding steroid dienone is 1. The molecule has 0 aromatic heterocycles. The Bertz CT molecular complexity index is 419. The van der Waals surface area contributed by atoms with Crippen LogP contribution >= 0.6 is 0 Å². The SMILES string of the molecule is CC1(C(=O)O)CCCN(C(=O)NCCC2=CCCC2)C1. The van der Waals surface area contributed by atoms with Crippen LogP contribution in [0.5, 0.6) is 0 Å². The first-order valence-electron chi connectivity index (χ1n) is 7.45. The first-order chi connectivity index (χ1) is 9.51. The van der Waals surface area contributed by atoms with Crippen molar-refractivity contribution in [2.75, 3.05) is 19.6 Å². The highest BCUT2D eigenvalue weighted by atomic mass is 16.4. The van der Waals surface area contributed by atoms with Crippen LogP contribution in [0.3, 0.4) is 0 Å². The van der Waals surface area contributed by atoms with E-state index < -0.39 is 11.4 Å². The molecule has 5 nitrogen and oxygen atoms in total. The molecule has 0 bridgehead atoms. The summed E-state index contributed by atoms with van der Waals surface area (Å²) in [4.78, 5) is 25.0. The van der Waals surface area contributed by atoms with E-state index in [-0.39, 0.29) is 6.03 Å². The van der Waals surface area contributed by atoms with Gasteiger partial charge >= 0.3 is 12.0 Å². The van der Waals surface area contributed by atoms with E-state index in [1.165, 1.54) is 12.0 Å². The Morgan fingerprint density at radius 2 is 2.25 bits per heavy atom. The second kappa shape index (κ2) is 6.29. The molecule has 0 aromatic rings. The van der Waals surface area contributed by atoms with Crippen molar-refractivity contribution in [3.05, 3.63) is 11.6 Å². The number of hydrogen-bond acceptors (Lipinski definition) is 2. The Balaban J connectivity index is 1.78. The second-order valence-electron chi connectivity index (χ2n) is 6.13. The maximum atomic E-state index is 12.1. The van der Waals surface area contributed by atoms with Gasteiger partial charge in [-0.1, -0.05) is 11.6 Å². The molecule has 20 heavy (non-hydrogen) atoms. The number of nitrogens with zero attached hydrogens (tertiary/aromatic N) is 1. The van der Waals surface area contributed by atoms with E-state index in [2.05, 4.69) is 11.4 Å². The van der Waals surface area contributed by atoms with Crippen molar-refractivity contribution < 1.29 is 14.7 Å². The Morgan fingerprint density at radius 1 is 1.45 bits per heavy atom. The number of carboxylic acids is 1. The van der Waals surface area contributed by atoms with Crippen molar-refractivity contribution >= 4 is 12.0 Å². The number of rotatable bonds is 4. The number of carbonyl (C=O) groups excluding carboxylic acids is 1. The van der Waals surface area contributed by atoms with Crippen LogP contribution in [0.25, 0.3) is 0 Å². The fourth-order valence-electron chi connectivity index (χ4n) is 2.99. The maximum absolute atomic E-state index is 12.1. The summed E-state index contributed by atoms with van der Waals surface area (Å²) in [5.41, 5.74) is 0.628. The molecular weight excluding hydrogens is 256 g/mol. The van der Waals surface area contributed by atoms with E-state index in [4.69, 9.17) is 0 Å². The van der Waals surface area contributed by atoms with E-state index in [1.54, 1.807) is 11.8 Å². The zero-order valence-corrected chi connectivity index (χ0v) is 12.2. The normalized spacial score (nSPS) is 26.2. The van der Waals surface area contributed by atoms with E-state index >= 15 is 0 Å². The fraction of sp³-hybridized carbons (Fsp3) is 0.733. The van der Waals surface area contributed by atoms with Crippen LogP contribution in [0.2, 0.25) is 0 Å². The Morgan fingerprint density at radius 3 is 2.90 bits per heavy atom. The largest absolute Gasteiger partial charge is 0.481 e. The van der Waals surface area contributed by atoms with E-state index in [0.717, 1.165) is 25.7 Å². The lowest BCUT2D eigenvalue weighted by Gasteiger charge is -2.37. The second-order valence-corrected chi connectivity index (χ2v) is 6.13. The first-order valence-corrected chi connectivity index (χ1v) is 7.45. The molecule has 1 aliphatic heterocycles. The molecule has 112 valence electrons. The number of hydrogen-bond donors (Lipinski definition) is 2. The van der Waals surface area contributed by atoms with Gasteiger partial charge in [-0.3, -0.25) is 4.79 Å². The summed E-state index contributed by atoms with van der Waals surface area (Å²) in [5.74, 6) is -0.814. The topological polar surface area (TPSA) is 69.6 Å². The Kier molecular flexibility index (Phi) is 4.68. The fourth-order valence-corrected chi connectivity index (χ4v) is 2.99. The predicted octanol–water partition coefficient (Wildman–Crippen LogP) is 2.38. The highest BCUT2D eigenvalue weighted by Crippen LogP contribution is 2.29. The molecule has 1 saturated heterocycles. The number of carboxylic acid groups (broad SMARTS) is 1. The average Bonchev–Trinajstić information content (AvgIpc) is 2.91. The van der Waals surface area contributed by atoms with Crippen molar-refractivity contribution in [3.63, 3.8) is 0 Å². The van der Waals surface area contributed by atoms with Crippen LogP contribution in [-0.4, -0.2) is 41.6 Å². The van der Waals surface area contributed by atoms with Crippen LogP contribution in [-0.2, 0) is 4.79 Å². The van der Waals surface area contributed by atoms with Gasteiger partial charge in [0.15, 0.2) is 0 Å². The third kappa shape index (κ3) is 3.52. The standard InChI is InChI=1S/C15H24N2O3/c1-15(13(18)19)8-4-10-17(11-15)14(20)16-9-7-12-5-2-3-6-12/h5H,2-4,6-11H2,1H3,(H,16,20)(H,18,19). The van der Waals surface area contributed by atoms with Gasteiger partial charge in [-0.05, 0) is 45.4 Å². The summed E-state index contributed by atoms with van der Waals surface area (Å²) in [6.45, 7) is 3.32. The number of likely N-dealkylation sites (tertiary alicyclic amines) is 1. The molecule has 0 radical (unpaired) electrons. The van der Waals surface area contributed by atoms with Gasteiger partial charge in [0.25, 0.3) is 0 Å². The molecular formula is C15H24N2O3. The minimum Gasteiger partial charge on any atom is -0.481 e. The van der Waals surface area contributed by atoms with Crippen LogP contribution in [0.15, 0.2) is 11.6 Å². The van der Waals surface area contributed by atoms with Crippen molar-refractivity contribution in [3.8, 4) is 0 Å². The first kappa shape index (κ1) is 14.9. The summed E-state index contributed by atoms with van der Waals surface area (Å²) in [5, 5.41) is 12.2. The average molecular weight is 280 g/mol. The molecule has 1 heterocycles. The zero-order valence-electron chi connectivity index (χ0n) is 12.2. The van der Waals surface area contributed by atoms with Crippen LogP contribution < -0.4 is 5.32 Å². The molecule has 2 N–H and O–H groups in total. The number of amides is 2. The number of piperidine rings is 1. The third-order valence-electron chi connectivity index (χ3n) is 4.36. The Hall–Kier alpha value is -1.52. The summed E-state index contributed by atoms with van der Waals surface area (Å²) in [6, 6.07) is -0.129. The smallest absolute Gasteiger partial charge is 0.317 e. The van der Waals surface area contributed by atoms with Gasteiger partial charge < -0.3 is 15.3 Å². The van der Waals surface area contributed by atoms with Gasteiger partial charge in [0.2, 0.25) is 0 Å². The van der Waals surface area contributed by atoms with Crippen LogP contribution in [0.1, 0.15) is 45.4 Å². The third-order valence-corrected chi connectivity index (χ3v) is 4.36. The molecule has 2 amide bonds. The van der Waals surface area contributed by atoms with Crippen LogP contribution in [0.4, 0.5) is 4.79 Å². The van der Waals surface area contributed by atoms with Crippen molar-refractivity contribution in [1.82, 2.24) is 10.2 Å². The van der Waals surface area contributed by atoms with Crippen LogP contribution in [0, 0.1) is 5.41 Å². The molecule has 2 rings (SSSR count). The number of urea groups is 1. The molecule has 0 spiro atoms. The molecule has 1 unspecified atom stereocenters. The van der Waals surface area contributed by atoms with E-state index in [1.807, 2.05) is 0 Å². The molecule has 5 heteroatoms. The lowest BCUT2D eigenvalue weighted by molar-refractivity contribution is -0.150. The molecule has 0 saturated carbocycles. The van der Waals surface area contributed by atoms with Gasteiger partial charge in [0.1, 0.15) is 0 Å². The van der Waals surface area contributed by atoms with Gasteiger partial charge in [0, 0.05) is 19.6 Å². The maximum Gasteiger partial charge on any atom is 0.317 e. The molecule has 1 fully saturated rings. The zero-order chi connectivity index (χ0) is 14.6. The lowest BCUT2D eigenvalue weighted by Crippen LogP contribution is -2.51. The predicted molar refractivity (Wildman–Crippen MR) is 76.5 cm³/mol. The summed E-state index contributed by atoms with van der Waals surface area (Å²) in [6.07, 6.45) is 8.10. The van der Waals surface area contributed by atoms with Crippen molar-refractivity contribution in [2.45, 2.75) is 45.4 Å². The molecule has 1 atom stereocenters. The minimum absolute atomic E-state index is 0.129. The number of carbonyl (C=O) groups is 2. The molecule has 1 aliphatic carbocycles. The minimum atomic E-state index is -0.814. The van der Waals surface area contributed by atoms with Crippen molar-refractivity contribution in [2.24, 2.45) is 5.41 Å². The van der Waals surface area contributed by atoms with Gasteiger partial charge in [-0.15, -0.1) is 0 Å². The summed E-state index contributed by atoms with van der Waals surface area (Å²) < 4.78 is 0. The molecule has 2 aliphatic rings. The summed E-state index contributed by atoms with van der Waals surface area (Å²) in [7, 11) is 0. The Labute approximate surface area is 120 Å². The summed E-state index contributed by atoms with van der Waals surface area (Å²) >= 11 is 0. The quantitative estimate of drug-likeness (QED) is 0.777. The lowest BCUT2D eigenvalue weighted by atomic mass is 9.82.